The van der Waals surface area contributed by atoms with Crippen LogP contribution in [0.4, 0.5) is 5.13 Å². The Morgan fingerprint density at radius 1 is 1.45 bits per heavy atom. The number of nitrogens with zero attached hydrogens (tertiary/aromatic N) is 2. The number of aromatic nitrogens is 2. The van der Waals surface area contributed by atoms with Gasteiger partial charge in [0.25, 0.3) is 0 Å². The van der Waals surface area contributed by atoms with Gasteiger partial charge in [0.2, 0.25) is 5.91 Å². The number of H-pyrrole nitrogens is 1. The molecule has 2 heterocycles. The van der Waals surface area contributed by atoms with Crippen LogP contribution in [-0.2, 0) is 11.2 Å². The van der Waals surface area contributed by atoms with E-state index < -0.39 is 0 Å². The summed E-state index contributed by atoms with van der Waals surface area (Å²) in [6, 6.07) is 7.87. The number of benzene rings is 1. The largest absolute Gasteiger partial charge is 0.375 e. The van der Waals surface area contributed by atoms with Gasteiger partial charge in [-0.1, -0.05) is 18.2 Å². The molecule has 0 fully saturated rings. The molecule has 0 radical (unpaired) electrons. The maximum Gasteiger partial charge on any atom is 0.244 e. The highest BCUT2D eigenvalue weighted by molar-refractivity contribution is 7.13. The van der Waals surface area contributed by atoms with E-state index in [1.165, 1.54) is 11.3 Å². The molecular formula is C15H15N5OS. The van der Waals surface area contributed by atoms with Gasteiger partial charge in [-0.3, -0.25) is 4.79 Å². The highest BCUT2D eigenvalue weighted by Crippen LogP contribution is 2.18. The first-order chi connectivity index (χ1) is 10.6. The second kappa shape index (κ2) is 5.98. The Labute approximate surface area is 131 Å². The molecule has 0 spiro atoms. The highest BCUT2D eigenvalue weighted by Gasteiger charge is 2.09. The van der Waals surface area contributed by atoms with Crippen LogP contribution in [0.5, 0.6) is 0 Å². The number of nitrogens with two attached hydrogens (primary N) is 1. The molecule has 0 aliphatic rings. The third-order valence-corrected chi connectivity index (χ3v) is 3.94. The summed E-state index contributed by atoms with van der Waals surface area (Å²) in [4.78, 5) is 19.3. The van der Waals surface area contributed by atoms with E-state index in [4.69, 9.17) is 5.73 Å². The minimum absolute atomic E-state index is 0.174. The number of anilines is 1. The number of fused-ring (bicyclic) bond motifs is 1. The molecule has 0 unspecified atom stereocenters. The van der Waals surface area contributed by atoms with Gasteiger partial charge >= 0.3 is 0 Å². The van der Waals surface area contributed by atoms with Gasteiger partial charge in [-0.2, -0.15) is 5.10 Å². The number of carbonyl (C=O) groups is 1. The predicted molar refractivity (Wildman–Crippen MR) is 88.9 cm³/mol. The van der Waals surface area contributed by atoms with Crippen molar-refractivity contribution in [3.05, 3.63) is 47.1 Å². The number of hydrogen-bond donors (Lipinski definition) is 3. The Balaban J connectivity index is 1.68. The van der Waals surface area contributed by atoms with Gasteiger partial charge in [0.15, 0.2) is 5.13 Å². The zero-order valence-corrected chi connectivity index (χ0v) is 12.8. The standard InChI is InChI=1S/C15H15N5OS/c1-9(13-8-22-15(16)18-13)19-20-14(21)6-10-7-17-12-5-3-2-4-11(10)12/h2-5,7-8,17H,6H2,1H3,(H2,16,18)(H,20,21)/b19-9+. The second-order valence-electron chi connectivity index (χ2n) is 4.84. The maximum absolute atomic E-state index is 12.0. The van der Waals surface area contributed by atoms with Crippen LogP contribution in [0, 0.1) is 0 Å². The molecule has 4 N–H and O–H groups in total. The average molecular weight is 313 g/mol. The molecule has 112 valence electrons. The van der Waals surface area contributed by atoms with E-state index in [0.717, 1.165) is 16.5 Å². The molecule has 0 bridgehead atoms. The quantitative estimate of drug-likeness (QED) is 0.509. The van der Waals surface area contributed by atoms with Crippen molar-refractivity contribution in [1.29, 1.82) is 0 Å². The van der Waals surface area contributed by atoms with Crippen molar-refractivity contribution >= 4 is 39.0 Å². The molecule has 1 amide bonds. The van der Waals surface area contributed by atoms with Crippen molar-refractivity contribution in [3.8, 4) is 0 Å². The summed E-state index contributed by atoms with van der Waals surface area (Å²) in [6.45, 7) is 1.78. The molecule has 6 nitrogen and oxygen atoms in total. The molecule has 1 aromatic carbocycles. The van der Waals surface area contributed by atoms with Crippen LogP contribution in [0.25, 0.3) is 10.9 Å². The lowest BCUT2D eigenvalue weighted by molar-refractivity contribution is -0.120. The molecule has 2 aromatic heterocycles. The van der Waals surface area contributed by atoms with Gasteiger partial charge in [-0.15, -0.1) is 11.3 Å². The Bertz CT molecular complexity index is 848. The van der Waals surface area contributed by atoms with Crippen LogP contribution in [0.2, 0.25) is 0 Å². The SMILES string of the molecule is C/C(=N\NC(=O)Cc1c[nH]c2ccccc12)c1csc(N)n1. The van der Waals surface area contributed by atoms with Crippen molar-refractivity contribution in [1.82, 2.24) is 15.4 Å². The molecule has 7 heteroatoms. The number of amides is 1. The zero-order valence-electron chi connectivity index (χ0n) is 12.0. The fraction of sp³-hybridized carbons (Fsp3) is 0.133. The summed E-state index contributed by atoms with van der Waals surface area (Å²) >= 11 is 1.34. The Kier molecular flexibility index (Phi) is 3.88. The number of carbonyl (C=O) groups excluding carboxylic acids is 1. The first-order valence-electron chi connectivity index (χ1n) is 6.73. The number of nitrogens with one attached hydrogen (secondary N) is 2. The van der Waals surface area contributed by atoms with Crippen LogP contribution < -0.4 is 11.2 Å². The first-order valence-corrected chi connectivity index (χ1v) is 7.61. The third-order valence-electron chi connectivity index (χ3n) is 3.27. The lowest BCUT2D eigenvalue weighted by Gasteiger charge is -2.01. The third kappa shape index (κ3) is 2.99. The Morgan fingerprint density at radius 3 is 3.05 bits per heavy atom. The van der Waals surface area contributed by atoms with E-state index in [1.54, 1.807) is 12.3 Å². The average Bonchev–Trinajstić information content (AvgIpc) is 3.12. The summed E-state index contributed by atoms with van der Waals surface area (Å²) in [5.74, 6) is -0.174. The topological polar surface area (TPSA) is 96.2 Å². The number of hydrogen-bond acceptors (Lipinski definition) is 5. The number of thiazole rings is 1. The summed E-state index contributed by atoms with van der Waals surface area (Å²) in [7, 11) is 0. The van der Waals surface area contributed by atoms with Gasteiger partial charge in [0, 0.05) is 22.5 Å². The maximum atomic E-state index is 12.0. The van der Waals surface area contributed by atoms with Crippen molar-refractivity contribution in [3.63, 3.8) is 0 Å². The lowest BCUT2D eigenvalue weighted by Crippen LogP contribution is -2.21. The van der Waals surface area contributed by atoms with Crippen LogP contribution in [0.1, 0.15) is 18.2 Å². The lowest BCUT2D eigenvalue weighted by atomic mass is 10.1. The smallest absolute Gasteiger partial charge is 0.244 e. The molecule has 22 heavy (non-hydrogen) atoms. The zero-order chi connectivity index (χ0) is 15.5. The van der Waals surface area contributed by atoms with Crippen molar-refractivity contribution in [2.24, 2.45) is 5.10 Å². The fourth-order valence-electron chi connectivity index (χ4n) is 2.15. The van der Waals surface area contributed by atoms with Gasteiger partial charge < -0.3 is 10.7 Å². The van der Waals surface area contributed by atoms with Crippen LogP contribution in [-0.4, -0.2) is 21.6 Å². The normalized spacial score (nSPS) is 11.8. The minimum atomic E-state index is -0.174. The number of hydrazone groups is 1. The van der Waals surface area contributed by atoms with E-state index >= 15 is 0 Å². The monoisotopic (exact) mass is 313 g/mol. The van der Waals surface area contributed by atoms with E-state index in [2.05, 4.69) is 20.5 Å². The molecule has 3 aromatic rings. The Hall–Kier alpha value is -2.67. The molecule has 0 aliphatic heterocycles. The van der Waals surface area contributed by atoms with Gasteiger partial charge in [0.1, 0.15) is 0 Å². The number of nitrogen functional groups attached to an aromatic ring is 1. The summed E-state index contributed by atoms with van der Waals surface area (Å²) in [6.07, 6.45) is 2.11. The van der Waals surface area contributed by atoms with Crippen LogP contribution in [0.15, 0.2) is 40.9 Å². The van der Waals surface area contributed by atoms with E-state index in [1.807, 2.05) is 30.5 Å². The fourth-order valence-corrected chi connectivity index (χ4v) is 2.75. The van der Waals surface area contributed by atoms with Gasteiger partial charge in [0.05, 0.1) is 17.8 Å². The van der Waals surface area contributed by atoms with Crippen LogP contribution >= 0.6 is 11.3 Å². The number of para-hydroxylation sites is 1. The second-order valence-corrected chi connectivity index (χ2v) is 5.73. The predicted octanol–water partition coefficient (Wildman–Crippen LogP) is 2.29. The van der Waals surface area contributed by atoms with Crippen LogP contribution in [0.3, 0.4) is 0 Å². The van der Waals surface area contributed by atoms with Crippen molar-refractivity contribution in [2.45, 2.75) is 13.3 Å². The van der Waals surface area contributed by atoms with Gasteiger partial charge in [-0.05, 0) is 18.6 Å². The van der Waals surface area contributed by atoms with E-state index in [0.29, 0.717) is 16.5 Å². The summed E-state index contributed by atoms with van der Waals surface area (Å²) < 4.78 is 0. The molecule has 0 saturated carbocycles. The summed E-state index contributed by atoms with van der Waals surface area (Å²) in [5, 5.41) is 7.40. The molecule has 3 rings (SSSR count). The number of rotatable bonds is 4. The Morgan fingerprint density at radius 2 is 2.27 bits per heavy atom. The molecule has 0 atom stereocenters. The number of aromatic amines is 1. The van der Waals surface area contributed by atoms with Crippen molar-refractivity contribution < 1.29 is 4.79 Å². The van der Waals surface area contributed by atoms with Gasteiger partial charge in [-0.25, -0.2) is 10.4 Å². The minimum Gasteiger partial charge on any atom is -0.375 e. The molecule has 0 saturated heterocycles. The van der Waals surface area contributed by atoms with E-state index in [9.17, 15) is 4.79 Å². The van der Waals surface area contributed by atoms with Crippen molar-refractivity contribution in [2.75, 3.05) is 5.73 Å². The summed E-state index contributed by atoms with van der Waals surface area (Å²) in [5.41, 5.74) is 11.4. The first kappa shape index (κ1) is 14.3. The molecular weight excluding hydrogens is 298 g/mol. The molecule has 0 aliphatic carbocycles. The highest BCUT2D eigenvalue weighted by atomic mass is 32.1. The van der Waals surface area contributed by atoms with E-state index in [-0.39, 0.29) is 12.3 Å².